The van der Waals surface area contributed by atoms with Crippen molar-refractivity contribution in [3.63, 3.8) is 0 Å². The van der Waals surface area contributed by atoms with Crippen LogP contribution in [0, 0.1) is 0 Å². The van der Waals surface area contributed by atoms with Crippen LogP contribution in [0.3, 0.4) is 0 Å². The maximum atomic E-state index is 12.5. The van der Waals surface area contributed by atoms with Gasteiger partial charge in [-0.15, -0.1) is 10.2 Å². The van der Waals surface area contributed by atoms with E-state index in [2.05, 4.69) is 40.5 Å². The van der Waals surface area contributed by atoms with Gasteiger partial charge in [-0.3, -0.25) is 18.4 Å². The fraction of sp³-hybridized carbons (Fsp3) is 0. The number of hydrogen-bond acceptors (Lipinski definition) is 13. The molecule has 1 heterocycles. The Morgan fingerprint density at radius 2 is 1.42 bits per heavy atom. The molecule has 0 radical (unpaired) electrons. The summed E-state index contributed by atoms with van der Waals surface area (Å²) in [6, 6.07) is 21.0. The van der Waals surface area contributed by atoms with Crippen molar-refractivity contribution < 1.29 is 39.8 Å². The summed E-state index contributed by atoms with van der Waals surface area (Å²) >= 11 is 3.80. The molecule has 5 aromatic carbocycles. The van der Waals surface area contributed by atoms with Crippen LogP contribution in [0.1, 0.15) is 0 Å². The summed E-state index contributed by atoms with van der Waals surface area (Å²) in [4.78, 5) is 10.5. The molecule has 50 heavy (non-hydrogen) atoms. The van der Waals surface area contributed by atoms with Gasteiger partial charge in [0.15, 0.2) is 5.75 Å². The minimum absolute atomic E-state index is 0.146. The Labute approximate surface area is 290 Å². The molecule has 0 amide bonds. The monoisotopic (exact) mass is 756 g/mol. The first-order valence-electron chi connectivity index (χ1n) is 13.8. The minimum atomic E-state index is -5.11. The van der Waals surface area contributed by atoms with Gasteiger partial charge in [-0.25, -0.2) is 4.21 Å². The topological polar surface area (TPSA) is 266 Å². The van der Waals surface area contributed by atoms with Crippen molar-refractivity contribution in [3.05, 3.63) is 90.2 Å². The largest absolute Gasteiger partial charge is 0.505 e. The van der Waals surface area contributed by atoms with Crippen LogP contribution in [-0.2, 0) is 31.5 Å². The van der Waals surface area contributed by atoms with Gasteiger partial charge in [0.2, 0.25) is 17.2 Å². The highest BCUT2D eigenvalue weighted by Gasteiger charge is 2.26. The summed E-state index contributed by atoms with van der Waals surface area (Å²) in [5, 5.41) is 25.7. The molecule has 0 bridgehead atoms. The number of fused-ring (bicyclic) bond motifs is 2. The molecule has 21 heteroatoms. The van der Waals surface area contributed by atoms with Gasteiger partial charge in [0.05, 0.1) is 22.0 Å². The average Bonchev–Trinajstić information content (AvgIpc) is 3.02. The molecule has 0 saturated carbocycles. The Morgan fingerprint density at radius 3 is 2.14 bits per heavy atom. The number of phenols is 1. The number of anilines is 5. The lowest BCUT2D eigenvalue weighted by Crippen LogP contribution is -2.06. The highest BCUT2D eigenvalue weighted by atomic mass is 35.5. The van der Waals surface area contributed by atoms with Gasteiger partial charge in [0.25, 0.3) is 31.5 Å². The predicted molar refractivity (Wildman–Crippen MR) is 186 cm³/mol. The molecule has 17 nitrogen and oxygen atoms in total. The lowest BCUT2D eigenvalue weighted by atomic mass is 10.1. The van der Waals surface area contributed by atoms with Crippen molar-refractivity contribution in [3.8, 4) is 5.75 Å². The van der Waals surface area contributed by atoms with E-state index < -0.39 is 52.7 Å². The molecule has 0 fully saturated rings. The van der Waals surface area contributed by atoms with Crippen LogP contribution in [0.15, 0.2) is 105 Å². The van der Waals surface area contributed by atoms with Crippen LogP contribution < -0.4 is 15.4 Å². The number of halogens is 1. The molecule has 7 N–H and O–H groups in total. The summed E-state index contributed by atoms with van der Waals surface area (Å²) in [6.45, 7) is 0. The molecule has 0 spiro atoms. The Morgan fingerprint density at radius 1 is 0.740 bits per heavy atom. The van der Waals surface area contributed by atoms with Crippen molar-refractivity contribution in [2.45, 2.75) is 9.79 Å². The van der Waals surface area contributed by atoms with E-state index in [4.69, 9.17) is 16.2 Å². The molecule has 0 saturated heterocycles. The maximum Gasteiger partial charge on any atom is 0.296 e. The second kappa shape index (κ2) is 13.5. The van der Waals surface area contributed by atoms with Gasteiger partial charge in [-0.05, 0) is 64.8 Å². The SMILES string of the molecule is O=S(O)Nc1cccc(Nc2nc(Cl)nc(Nc3cc(S(=O)(=O)O)cc4cc(S(=O)(=O)O)c(N=Nc5cccc6ccccc56)c(O)c34)n2)c1. The average molecular weight is 757 g/mol. The van der Waals surface area contributed by atoms with Crippen LogP contribution in [0.4, 0.5) is 40.3 Å². The van der Waals surface area contributed by atoms with Gasteiger partial charge in [-0.1, -0.05) is 42.5 Å². The van der Waals surface area contributed by atoms with E-state index in [1.54, 1.807) is 42.5 Å². The van der Waals surface area contributed by atoms with E-state index in [9.17, 15) is 35.3 Å². The van der Waals surface area contributed by atoms with Gasteiger partial charge < -0.3 is 15.7 Å². The number of azo groups is 1. The van der Waals surface area contributed by atoms with Gasteiger partial charge >= 0.3 is 0 Å². The van der Waals surface area contributed by atoms with E-state index in [1.165, 1.54) is 12.1 Å². The van der Waals surface area contributed by atoms with E-state index in [1.807, 2.05) is 12.1 Å². The van der Waals surface area contributed by atoms with Gasteiger partial charge in [0.1, 0.15) is 10.6 Å². The number of hydrogen-bond donors (Lipinski definition) is 7. The first-order chi connectivity index (χ1) is 23.7. The third-order valence-corrected chi connectivity index (χ3v) is 9.18. The number of phenolic OH excluding ortho intramolecular Hbond substituents is 1. The molecule has 256 valence electrons. The van der Waals surface area contributed by atoms with E-state index in [0.717, 1.165) is 23.6 Å². The molecule has 6 rings (SSSR count). The summed E-state index contributed by atoms with van der Waals surface area (Å²) in [5.74, 6) is -1.32. The van der Waals surface area contributed by atoms with Crippen molar-refractivity contribution >= 4 is 105 Å². The van der Waals surface area contributed by atoms with Crippen molar-refractivity contribution in [2.75, 3.05) is 15.4 Å². The smallest absolute Gasteiger partial charge is 0.296 e. The number of aromatic nitrogens is 3. The molecular formula is C29H21ClN8O9S3. The second-order valence-electron chi connectivity index (χ2n) is 10.2. The molecule has 6 aromatic rings. The highest BCUT2D eigenvalue weighted by Crippen LogP contribution is 2.46. The molecule has 1 aromatic heterocycles. The normalized spacial score (nSPS) is 12.7. The second-order valence-corrected chi connectivity index (χ2v) is 14.1. The highest BCUT2D eigenvalue weighted by molar-refractivity contribution is 7.86. The van der Waals surface area contributed by atoms with Crippen LogP contribution in [0.5, 0.6) is 5.75 Å². The lowest BCUT2D eigenvalue weighted by Gasteiger charge is -2.15. The van der Waals surface area contributed by atoms with Crippen LogP contribution in [-0.4, -0.2) is 54.8 Å². The number of rotatable bonds is 10. The lowest BCUT2D eigenvalue weighted by molar-refractivity contribution is 0.472. The summed E-state index contributed by atoms with van der Waals surface area (Å²) in [6.07, 6.45) is 0. The summed E-state index contributed by atoms with van der Waals surface area (Å²) < 4.78 is 92.0. The first-order valence-corrected chi connectivity index (χ1v) is 18.1. The Kier molecular flexibility index (Phi) is 9.33. The standard InChI is InChI=1S/C29H21ClN8O9S3/c30-27-33-28(31-17-7-4-8-18(13-17)38-48(40)41)35-29(34-27)32-22-14-19(49(42,43)44)11-16-12-23(50(45,46)47)25(26(39)24(16)22)37-36-21-10-3-6-15-5-1-2-9-20(15)21/h1-14,38-39H,(H,40,41)(H,42,43,44)(H,45,46,47)(H2,31,32,33,34,35). The zero-order valence-corrected chi connectivity index (χ0v) is 28.0. The molecule has 0 aliphatic carbocycles. The predicted octanol–water partition coefficient (Wildman–Crippen LogP) is 6.48. The quantitative estimate of drug-likeness (QED) is 0.0448. The molecule has 0 aliphatic heterocycles. The zero-order valence-electron chi connectivity index (χ0n) is 24.8. The zero-order chi connectivity index (χ0) is 35.8. The Bertz CT molecular complexity index is 2600. The molecular weight excluding hydrogens is 736 g/mol. The minimum Gasteiger partial charge on any atom is -0.505 e. The number of nitrogens with zero attached hydrogens (tertiary/aromatic N) is 5. The number of aromatic hydroxyl groups is 1. The Balaban J connectivity index is 1.49. The van der Waals surface area contributed by atoms with E-state index in [0.29, 0.717) is 16.8 Å². The molecule has 1 unspecified atom stereocenters. The van der Waals surface area contributed by atoms with Crippen molar-refractivity contribution in [1.29, 1.82) is 0 Å². The molecule has 1 atom stereocenters. The van der Waals surface area contributed by atoms with Crippen LogP contribution >= 0.6 is 11.6 Å². The Hall–Kier alpha value is -5.35. The van der Waals surface area contributed by atoms with Crippen LogP contribution in [0.25, 0.3) is 21.5 Å². The van der Waals surface area contributed by atoms with E-state index >= 15 is 0 Å². The number of nitrogens with one attached hydrogen (secondary N) is 3. The number of benzene rings is 5. The summed E-state index contributed by atoms with van der Waals surface area (Å²) in [7, 11) is -10.0. The maximum absolute atomic E-state index is 12.5. The van der Waals surface area contributed by atoms with Crippen molar-refractivity contribution in [2.24, 2.45) is 10.2 Å². The van der Waals surface area contributed by atoms with Crippen molar-refractivity contribution in [1.82, 2.24) is 15.0 Å². The van der Waals surface area contributed by atoms with E-state index in [-0.39, 0.29) is 39.3 Å². The third kappa shape index (κ3) is 7.60. The third-order valence-electron chi connectivity index (χ3n) is 6.90. The van der Waals surface area contributed by atoms with Gasteiger partial charge in [-0.2, -0.15) is 31.8 Å². The van der Waals surface area contributed by atoms with Crippen LogP contribution in [0.2, 0.25) is 5.28 Å². The fourth-order valence-electron chi connectivity index (χ4n) is 4.87. The summed E-state index contributed by atoms with van der Waals surface area (Å²) in [5.41, 5.74) is -0.0420. The molecule has 0 aliphatic rings. The first kappa shape index (κ1) is 34.5. The van der Waals surface area contributed by atoms with Gasteiger partial charge in [0, 0.05) is 16.5 Å². The fourth-order valence-corrected chi connectivity index (χ4v) is 6.56.